The van der Waals surface area contributed by atoms with Gasteiger partial charge in [0, 0.05) is 51.2 Å². The fourth-order valence-electron chi connectivity index (χ4n) is 2.35. The number of aromatic nitrogens is 2. The van der Waals surface area contributed by atoms with Crippen LogP contribution in [0.15, 0.2) is 17.2 Å². The summed E-state index contributed by atoms with van der Waals surface area (Å²) in [5.41, 5.74) is 0.0259. The van der Waals surface area contributed by atoms with Crippen LogP contribution in [0.1, 0.15) is 20.8 Å². The van der Waals surface area contributed by atoms with Crippen LogP contribution in [0.25, 0.3) is 0 Å². The van der Waals surface area contributed by atoms with Gasteiger partial charge in [0.2, 0.25) is 0 Å². The van der Waals surface area contributed by atoms with Gasteiger partial charge in [-0.3, -0.25) is 9.69 Å². The number of anilines is 1. The van der Waals surface area contributed by atoms with E-state index in [4.69, 9.17) is 0 Å². The lowest BCUT2D eigenvalue weighted by Crippen LogP contribution is -2.50. The third kappa shape index (κ3) is 2.56. The van der Waals surface area contributed by atoms with Gasteiger partial charge in [-0.15, -0.1) is 0 Å². The van der Waals surface area contributed by atoms with E-state index in [1.165, 1.54) is 0 Å². The molecule has 0 aliphatic carbocycles. The first-order valence-corrected chi connectivity index (χ1v) is 6.68. The maximum atomic E-state index is 12.2. The van der Waals surface area contributed by atoms with E-state index in [9.17, 15) is 4.79 Å². The molecule has 5 nitrogen and oxygen atoms in total. The molecule has 0 unspecified atom stereocenters. The Bertz CT molecular complexity index is 447. The zero-order valence-electron chi connectivity index (χ0n) is 11.5. The molecule has 0 N–H and O–H groups in total. The molecule has 1 aliphatic rings. The average Bonchev–Trinajstić information content (AvgIpc) is 2.39. The monoisotopic (exact) mass is 250 g/mol. The minimum Gasteiger partial charge on any atom is -0.349 e. The quantitative estimate of drug-likeness (QED) is 0.795. The summed E-state index contributed by atoms with van der Waals surface area (Å²) in [5.74, 6) is 0.600. The van der Waals surface area contributed by atoms with E-state index < -0.39 is 0 Å². The van der Waals surface area contributed by atoms with E-state index >= 15 is 0 Å². The van der Waals surface area contributed by atoms with Gasteiger partial charge >= 0.3 is 0 Å². The van der Waals surface area contributed by atoms with E-state index in [2.05, 4.69) is 28.6 Å². The fourth-order valence-corrected chi connectivity index (χ4v) is 2.35. The van der Waals surface area contributed by atoms with Crippen LogP contribution in [0.2, 0.25) is 0 Å². The van der Waals surface area contributed by atoms with Crippen molar-refractivity contribution in [3.63, 3.8) is 0 Å². The molecule has 1 fully saturated rings. The van der Waals surface area contributed by atoms with Gasteiger partial charge in [0.05, 0.1) is 0 Å². The molecule has 5 heteroatoms. The molecule has 18 heavy (non-hydrogen) atoms. The Morgan fingerprint density at radius 2 is 1.94 bits per heavy atom. The Balaban J connectivity index is 2.13. The Kier molecular flexibility index (Phi) is 4.01. The summed E-state index contributed by atoms with van der Waals surface area (Å²) in [6.45, 7) is 10.9. The summed E-state index contributed by atoms with van der Waals surface area (Å²) >= 11 is 0. The molecule has 1 saturated heterocycles. The van der Waals surface area contributed by atoms with Crippen molar-refractivity contribution >= 4 is 5.82 Å². The standard InChI is InChI=1S/C13H22N4O/c1-4-15-6-5-14-12(13(15)18)17-9-7-16(8-10-17)11(2)3/h5-6,11H,4,7-10H2,1-3H3. The van der Waals surface area contributed by atoms with Crippen molar-refractivity contribution in [3.05, 3.63) is 22.7 Å². The van der Waals surface area contributed by atoms with Gasteiger partial charge < -0.3 is 9.47 Å². The Hall–Kier alpha value is -1.36. The summed E-state index contributed by atoms with van der Waals surface area (Å²) in [4.78, 5) is 20.9. The first kappa shape index (κ1) is 13.1. The number of nitrogens with zero attached hydrogens (tertiary/aromatic N) is 4. The van der Waals surface area contributed by atoms with Crippen LogP contribution in [0.3, 0.4) is 0 Å². The van der Waals surface area contributed by atoms with Gasteiger partial charge in [0.15, 0.2) is 5.82 Å². The minimum atomic E-state index is 0.0259. The van der Waals surface area contributed by atoms with E-state index in [-0.39, 0.29) is 5.56 Å². The van der Waals surface area contributed by atoms with E-state index in [0.29, 0.717) is 18.4 Å². The molecule has 1 aromatic heterocycles. The number of aryl methyl sites for hydroxylation is 1. The van der Waals surface area contributed by atoms with Crippen LogP contribution in [0.5, 0.6) is 0 Å². The van der Waals surface area contributed by atoms with Crippen molar-refractivity contribution in [2.75, 3.05) is 31.1 Å². The largest absolute Gasteiger partial charge is 0.349 e. The number of piperazine rings is 1. The Morgan fingerprint density at radius 1 is 1.28 bits per heavy atom. The molecule has 0 spiro atoms. The molecule has 100 valence electrons. The molecular formula is C13H22N4O. The number of hydrogen-bond donors (Lipinski definition) is 0. The van der Waals surface area contributed by atoms with Crippen molar-refractivity contribution in [1.29, 1.82) is 0 Å². The van der Waals surface area contributed by atoms with Gasteiger partial charge in [0.1, 0.15) is 0 Å². The third-order valence-electron chi connectivity index (χ3n) is 3.58. The molecule has 0 radical (unpaired) electrons. The van der Waals surface area contributed by atoms with Gasteiger partial charge in [0.25, 0.3) is 5.56 Å². The highest BCUT2D eigenvalue weighted by molar-refractivity contribution is 5.36. The first-order valence-electron chi connectivity index (χ1n) is 6.68. The average molecular weight is 250 g/mol. The van der Waals surface area contributed by atoms with E-state index in [1.807, 2.05) is 6.92 Å². The fraction of sp³-hybridized carbons (Fsp3) is 0.692. The smallest absolute Gasteiger partial charge is 0.293 e. The van der Waals surface area contributed by atoms with Crippen molar-refractivity contribution in [2.45, 2.75) is 33.4 Å². The molecule has 0 atom stereocenters. The highest BCUT2D eigenvalue weighted by Crippen LogP contribution is 2.10. The summed E-state index contributed by atoms with van der Waals surface area (Å²) in [6, 6.07) is 0.572. The molecule has 0 amide bonds. The van der Waals surface area contributed by atoms with Crippen LogP contribution < -0.4 is 10.5 Å². The second-order valence-corrected chi connectivity index (χ2v) is 4.96. The van der Waals surface area contributed by atoms with Crippen LogP contribution in [0, 0.1) is 0 Å². The van der Waals surface area contributed by atoms with Gasteiger partial charge in [-0.2, -0.15) is 0 Å². The van der Waals surface area contributed by atoms with Crippen LogP contribution in [-0.2, 0) is 6.54 Å². The Labute approximate surface area is 108 Å². The van der Waals surface area contributed by atoms with Gasteiger partial charge in [-0.05, 0) is 20.8 Å². The lowest BCUT2D eigenvalue weighted by Gasteiger charge is -2.37. The third-order valence-corrected chi connectivity index (χ3v) is 3.58. The van der Waals surface area contributed by atoms with Crippen LogP contribution in [0.4, 0.5) is 5.82 Å². The second kappa shape index (κ2) is 5.52. The van der Waals surface area contributed by atoms with Crippen LogP contribution in [-0.4, -0.2) is 46.7 Å². The minimum absolute atomic E-state index is 0.0259. The van der Waals surface area contributed by atoms with E-state index in [1.54, 1.807) is 17.0 Å². The molecule has 0 aromatic carbocycles. The van der Waals surface area contributed by atoms with Crippen LogP contribution >= 0.6 is 0 Å². The second-order valence-electron chi connectivity index (χ2n) is 4.96. The highest BCUT2D eigenvalue weighted by Gasteiger charge is 2.21. The number of rotatable bonds is 3. The maximum Gasteiger partial charge on any atom is 0.293 e. The summed E-state index contributed by atoms with van der Waals surface area (Å²) < 4.78 is 1.71. The first-order chi connectivity index (χ1) is 8.63. The molecule has 1 aliphatic heterocycles. The van der Waals surface area contributed by atoms with Crippen molar-refractivity contribution < 1.29 is 0 Å². The zero-order valence-corrected chi connectivity index (χ0v) is 11.5. The molecule has 2 heterocycles. The topological polar surface area (TPSA) is 41.4 Å². The molecule has 0 bridgehead atoms. The SMILES string of the molecule is CCn1ccnc(N2CCN(C(C)C)CC2)c1=O. The van der Waals surface area contributed by atoms with Crippen molar-refractivity contribution in [2.24, 2.45) is 0 Å². The summed E-state index contributed by atoms with van der Waals surface area (Å²) in [7, 11) is 0. The highest BCUT2D eigenvalue weighted by atomic mass is 16.1. The van der Waals surface area contributed by atoms with Crippen molar-refractivity contribution in [3.8, 4) is 0 Å². The van der Waals surface area contributed by atoms with Gasteiger partial charge in [-0.1, -0.05) is 0 Å². The maximum absolute atomic E-state index is 12.2. The molecule has 2 rings (SSSR count). The molecule has 1 aromatic rings. The molecular weight excluding hydrogens is 228 g/mol. The Morgan fingerprint density at radius 3 is 2.50 bits per heavy atom. The summed E-state index contributed by atoms with van der Waals surface area (Å²) in [6.07, 6.45) is 3.46. The predicted octanol–water partition coefficient (Wildman–Crippen LogP) is 0.794. The van der Waals surface area contributed by atoms with Gasteiger partial charge in [-0.25, -0.2) is 4.98 Å². The summed E-state index contributed by atoms with van der Waals surface area (Å²) in [5, 5.41) is 0. The zero-order chi connectivity index (χ0) is 13.1. The van der Waals surface area contributed by atoms with E-state index in [0.717, 1.165) is 26.2 Å². The predicted molar refractivity (Wildman–Crippen MR) is 73.1 cm³/mol. The lowest BCUT2D eigenvalue weighted by atomic mass is 10.2. The lowest BCUT2D eigenvalue weighted by molar-refractivity contribution is 0.209. The molecule has 0 saturated carbocycles. The van der Waals surface area contributed by atoms with Crippen molar-refractivity contribution in [1.82, 2.24) is 14.5 Å². The normalized spacial score (nSPS) is 17.4. The number of hydrogen-bond acceptors (Lipinski definition) is 4.